The second-order valence-corrected chi connectivity index (χ2v) is 5.46. The molecule has 0 amide bonds. The van der Waals surface area contributed by atoms with Crippen LogP contribution in [0.15, 0.2) is 54.6 Å². The van der Waals surface area contributed by atoms with Crippen LogP contribution in [0.2, 0.25) is 0 Å². The molecule has 17 heavy (non-hydrogen) atoms. The SMILES string of the molecule is CN(C)C(c1ccccc1)c1ccccc1I. The van der Waals surface area contributed by atoms with Gasteiger partial charge in [0, 0.05) is 3.57 Å². The number of hydrogen-bond acceptors (Lipinski definition) is 1. The summed E-state index contributed by atoms with van der Waals surface area (Å²) in [6.45, 7) is 0. The van der Waals surface area contributed by atoms with Crippen LogP contribution in [0.1, 0.15) is 17.2 Å². The lowest BCUT2D eigenvalue weighted by Crippen LogP contribution is -2.21. The van der Waals surface area contributed by atoms with E-state index in [4.69, 9.17) is 0 Å². The van der Waals surface area contributed by atoms with Crippen molar-refractivity contribution in [2.24, 2.45) is 0 Å². The summed E-state index contributed by atoms with van der Waals surface area (Å²) in [6.07, 6.45) is 0. The van der Waals surface area contributed by atoms with E-state index < -0.39 is 0 Å². The van der Waals surface area contributed by atoms with Crippen molar-refractivity contribution in [2.75, 3.05) is 14.1 Å². The van der Waals surface area contributed by atoms with Crippen molar-refractivity contribution in [3.05, 3.63) is 69.3 Å². The van der Waals surface area contributed by atoms with Crippen molar-refractivity contribution < 1.29 is 0 Å². The fourth-order valence-electron chi connectivity index (χ4n) is 2.09. The zero-order chi connectivity index (χ0) is 12.3. The first-order valence-corrected chi connectivity index (χ1v) is 6.74. The zero-order valence-corrected chi connectivity index (χ0v) is 12.3. The van der Waals surface area contributed by atoms with Gasteiger partial charge in [0.15, 0.2) is 0 Å². The zero-order valence-electron chi connectivity index (χ0n) is 10.1. The number of hydrogen-bond donors (Lipinski definition) is 0. The normalized spacial score (nSPS) is 12.7. The van der Waals surface area contributed by atoms with Crippen molar-refractivity contribution in [3.8, 4) is 0 Å². The van der Waals surface area contributed by atoms with Gasteiger partial charge in [-0.3, -0.25) is 4.90 Å². The van der Waals surface area contributed by atoms with Crippen molar-refractivity contribution >= 4 is 22.6 Å². The fourth-order valence-corrected chi connectivity index (χ4v) is 2.77. The highest BCUT2D eigenvalue weighted by Crippen LogP contribution is 2.29. The molecule has 0 fully saturated rings. The lowest BCUT2D eigenvalue weighted by molar-refractivity contribution is 0.341. The average Bonchev–Trinajstić information content (AvgIpc) is 2.33. The Morgan fingerprint density at radius 1 is 0.882 bits per heavy atom. The Morgan fingerprint density at radius 2 is 1.47 bits per heavy atom. The summed E-state index contributed by atoms with van der Waals surface area (Å²) in [5.41, 5.74) is 2.70. The van der Waals surface area contributed by atoms with E-state index in [2.05, 4.69) is 96.2 Å². The molecular formula is C15H16IN. The molecule has 0 aromatic heterocycles. The quantitative estimate of drug-likeness (QED) is 0.767. The summed E-state index contributed by atoms with van der Waals surface area (Å²) in [6, 6.07) is 19.5. The Kier molecular flexibility index (Phi) is 4.18. The minimum absolute atomic E-state index is 0.323. The van der Waals surface area contributed by atoms with Gasteiger partial charge in [-0.25, -0.2) is 0 Å². The highest BCUT2D eigenvalue weighted by atomic mass is 127. The maximum atomic E-state index is 2.41. The van der Waals surface area contributed by atoms with Crippen LogP contribution in [0.5, 0.6) is 0 Å². The summed E-state index contributed by atoms with van der Waals surface area (Å²) >= 11 is 2.41. The molecule has 1 atom stereocenters. The molecule has 0 aliphatic heterocycles. The Bertz CT molecular complexity index is 479. The minimum Gasteiger partial charge on any atom is -0.299 e. The highest BCUT2D eigenvalue weighted by Gasteiger charge is 2.17. The second-order valence-electron chi connectivity index (χ2n) is 4.30. The average molecular weight is 337 g/mol. The second kappa shape index (κ2) is 5.65. The highest BCUT2D eigenvalue weighted by molar-refractivity contribution is 14.1. The van der Waals surface area contributed by atoms with Gasteiger partial charge in [0.05, 0.1) is 6.04 Å². The van der Waals surface area contributed by atoms with Crippen molar-refractivity contribution in [2.45, 2.75) is 6.04 Å². The van der Waals surface area contributed by atoms with Crippen LogP contribution in [0.3, 0.4) is 0 Å². The van der Waals surface area contributed by atoms with E-state index in [1.165, 1.54) is 14.7 Å². The van der Waals surface area contributed by atoms with E-state index in [-0.39, 0.29) is 0 Å². The lowest BCUT2D eigenvalue weighted by atomic mass is 9.98. The third kappa shape index (κ3) is 2.87. The predicted octanol–water partition coefficient (Wildman–Crippen LogP) is 3.94. The smallest absolute Gasteiger partial charge is 0.0607 e. The summed E-state index contributed by atoms with van der Waals surface area (Å²) in [7, 11) is 4.25. The fraction of sp³-hybridized carbons (Fsp3) is 0.200. The molecule has 0 heterocycles. The van der Waals surface area contributed by atoms with Crippen molar-refractivity contribution in [3.63, 3.8) is 0 Å². The van der Waals surface area contributed by atoms with Gasteiger partial charge in [-0.2, -0.15) is 0 Å². The van der Waals surface area contributed by atoms with Crippen LogP contribution in [0, 0.1) is 3.57 Å². The molecule has 0 saturated heterocycles. The van der Waals surface area contributed by atoms with E-state index in [1.807, 2.05) is 0 Å². The molecule has 0 N–H and O–H groups in total. The van der Waals surface area contributed by atoms with Gasteiger partial charge in [-0.15, -0.1) is 0 Å². The first-order valence-electron chi connectivity index (χ1n) is 5.66. The Labute approximate surface area is 117 Å². The topological polar surface area (TPSA) is 3.24 Å². The van der Waals surface area contributed by atoms with E-state index >= 15 is 0 Å². The summed E-state index contributed by atoms with van der Waals surface area (Å²) in [5, 5.41) is 0. The van der Waals surface area contributed by atoms with E-state index in [0.717, 1.165) is 0 Å². The van der Waals surface area contributed by atoms with Gasteiger partial charge in [-0.1, -0.05) is 48.5 Å². The maximum Gasteiger partial charge on any atom is 0.0607 e. The number of rotatable bonds is 3. The molecular weight excluding hydrogens is 321 g/mol. The molecule has 2 rings (SSSR count). The van der Waals surface area contributed by atoms with E-state index in [9.17, 15) is 0 Å². The molecule has 0 spiro atoms. The van der Waals surface area contributed by atoms with Gasteiger partial charge in [0.2, 0.25) is 0 Å². The van der Waals surface area contributed by atoms with Gasteiger partial charge in [0.25, 0.3) is 0 Å². The molecule has 0 bridgehead atoms. The first kappa shape index (κ1) is 12.6. The number of benzene rings is 2. The standard InChI is InChI=1S/C15H16IN/c1-17(2)15(12-8-4-3-5-9-12)13-10-6-7-11-14(13)16/h3-11,15H,1-2H3. The molecule has 0 aliphatic carbocycles. The molecule has 0 aliphatic rings. The maximum absolute atomic E-state index is 2.41. The van der Waals surface area contributed by atoms with Gasteiger partial charge in [-0.05, 0) is 53.9 Å². The van der Waals surface area contributed by atoms with E-state index in [1.54, 1.807) is 0 Å². The lowest BCUT2D eigenvalue weighted by Gasteiger charge is -2.26. The van der Waals surface area contributed by atoms with Gasteiger partial charge < -0.3 is 0 Å². The van der Waals surface area contributed by atoms with Crippen LogP contribution in [0.25, 0.3) is 0 Å². The third-order valence-electron chi connectivity index (χ3n) is 2.83. The molecule has 0 radical (unpaired) electrons. The van der Waals surface area contributed by atoms with Crippen LogP contribution in [0.4, 0.5) is 0 Å². The van der Waals surface area contributed by atoms with Crippen molar-refractivity contribution in [1.82, 2.24) is 4.90 Å². The summed E-state index contributed by atoms with van der Waals surface area (Å²) < 4.78 is 1.31. The third-order valence-corrected chi connectivity index (χ3v) is 3.81. The molecule has 1 nitrogen and oxygen atoms in total. The Morgan fingerprint density at radius 3 is 2.06 bits per heavy atom. The summed E-state index contributed by atoms with van der Waals surface area (Å²) in [4.78, 5) is 2.26. The Hall–Kier alpha value is -0.870. The minimum atomic E-state index is 0.323. The molecule has 0 saturated carbocycles. The van der Waals surface area contributed by atoms with Gasteiger partial charge >= 0.3 is 0 Å². The van der Waals surface area contributed by atoms with Crippen LogP contribution in [-0.4, -0.2) is 19.0 Å². The number of halogens is 1. The van der Waals surface area contributed by atoms with Crippen LogP contribution >= 0.6 is 22.6 Å². The largest absolute Gasteiger partial charge is 0.299 e. The van der Waals surface area contributed by atoms with Gasteiger partial charge in [0.1, 0.15) is 0 Å². The molecule has 2 heteroatoms. The Balaban J connectivity index is 2.47. The predicted molar refractivity (Wildman–Crippen MR) is 81.1 cm³/mol. The van der Waals surface area contributed by atoms with Crippen LogP contribution in [-0.2, 0) is 0 Å². The molecule has 2 aromatic rings. The first-order chi connectivity index (χ1) is 8.20. The van der Waals surface area contributed by atoms with Crippen LogP contribution < -0.4 is 0 Å². The number of nitrogens with zero attached hydrogens (tertiary/aromatic N) is 1. The molecule has 2 aromatic carbocycles. The van der Waals surface area contributed by atoms with E-state index in [0.29, 0.717) is 6.04 Å². The summed E-state index contributed by atoms with van der Waals surface area (Å²) in [5.74, 6) is 0. The molecule has 1 unspecified atom stereocenters. The monoisotopic (exact) mass is 337 g/mol. The van der Waals surface area contributed by atoms with Crippen molar-refractivity contribution in [1.29, 1.82) is 0 Å². The molecule has 88 valence electrons.